The van der Waals surface area contributed by atoms with E-state index in [9.17, 15) is 9.90 Å². The average molecular weight is 547 g/mol. The second-order valence-corrected chi connectivity index (χ2v) is 14.1. The maximum Gasteiger partial charge on any atom is 0.334 e. The first-order valence-corrected chi connectivity index (χ1v) is 15.8. The molecule has 3 aromatic carbocycles. The monoisotopic (exact) mass is 546 g/mol. The van der Waals surface area contributed by atoms with Crippen LogP contribution in [0.25, 0.3) is 16.7 Å². The van der Waals surface area contributed by atoms with E-state index in [4.69, 9.17) is 8.85 Å². The van der Waals surface area contributed by atoms with E-state index < -0.39 is 14.0 Å². The van der Waals surface area contributed by atoms with Gasteiger partial charge in [0.2, 0.25) is 5.91 Å². The van der Waals surface area contributed by atoms with E-state index in [0.29, 0.717) is 25.1 Å². The van der Waals surface area contributed by atoms with Crippen LogP contribution >= 0.6 is 0 Å². The van der Waals surface area contributed by atoms with Gasteiger partial charge in [0.25, 0.3) is 0 Å². The Morgan fingerprint density at radius 2 is 1.62 bits per heavy atom. The first kappa shape index (κ1) is 28.5. The summed E-state index contributed by atoms with van der Waals surface area (Å²) >= 11 is 0. The molecule has 4 aromatic rings. The van der Waals surface area contributed by atoms with Gasteiger partial charge in [-0.25, -0.2) is 0 Å². The Morgan fingerprint density at radius 1 is 1.00 bits per heavy atom. The van der Waals surface area contributed by atoms with E-state index >= 15 is 0 Å². The molecule has 0 saturated heterocycles. The molecule has 0 bridgehead atoms. The number of aromatic nitrogens is 3. The fraction of sp³-hybridized carbons (Fsp3) is 0.367. The standard InChI is InChI=1S/C30H38N4O4Si/c1-30(2,23-12-7-6-8-13-23)24-20-22(16-17-28(35)31-18-11-19-39(5,37-3)38-4)21-27(29(24)36)34-32-25-14-9-10-15-26(25)33-34/h6-10,12-15,20-21,36H,11,16-19H2,1-5H3,(H,31,35). The van der Waals surface area contributed by atoms with Crippen LogP contribution in [0.15, 0.2) is 66.7 Å². The van der Waals surface area contributed by atoms with Crippen molar-refractivity contribution in [1.29, 1.82) is 0 Å². The highest BCUT2D eigenvalue weighted by Crippen LogP contribution is 2.40. The first-order valence-electron chi connectivity index (χ1n) is 13.3. The zero-order chi connectivity index (χ0) is 28.0. The second-order valence-electron chi connectivity index (χ2n) is 10.5. The maximum absolute atomic E-state index is 12.7. The molecule has 9 heteroatoms. The molecule has 1 aromatic heterocycles. The largest absolute Gasteiger partial charge is 0.505 e. The lowest BCUT2D eigenvalue weighted by atomic mass is 9.76. The number of aromatic hydroxyl groups is 1. The van der Waals surface area contributed by atoms with Crippen molar-refractivity contribution in [2.24, 2.45) is 0 Å². The zero-order valence-electron chi connectivity index (χ0n) is 23.4. The van der Waals surface area contributed by atoms with Gasteiger partial charge in [-0.05, 0) is 54.8 Å². The van der Waals surface area contributed by atoms with Crippen LogP contribution in [-0.2, 0) is 25.5 Å². The van der Waals surface area contributed by atoms with E-state index in [-0.39, 0.29) is 11.7 Å². The SMILES string of the molecule is CO[Si](C)(CCCNC(=O)CCc1cc(-n2nc3ccccc3n2)c(O)c(C(C)(C)c2ccccc2)c1)OC. The van der Waals surface area contributed by atoms with Gasteiger partial charge < -0.3 is 19.3 Å². The van der Waals surface area contributed by atoms with Crippen LogP contribution in [0.5, 0.6) is 5.75 Å². The molecular weight excluding hydrogens is 508 g/mol. The lowest BCUT2D eigenvalue weighted by Crippen LogP contribution is -2.37. The van der Waals surface area contributed by atoms with Crippen LogP contribution in [0, 0.1) is 0 Å². The Morgan fingerprint density at radius 3 is 2.23 bits per heavy atom. The molecule has 0 radical (unpaired) electrons. The van der Waals surface area contributed by atoms with Gasteiger partial charge >= 0.3 is 8.56 Å². The number of rotatable bonds is 12. The minimum atomic E-state index is -2.14. The Balaban J connectivity index is 1.58. The summed E-state index contributed by atoms with van der Waals surface area (Å²) in [5.41, 5.74) is 4.24. The van der Waals surface area contributed by atoms with Crippen molar-refractivity contribution < 1.29 is 18.8 Å². The number of hydrogen-bond acceptors (Lipinski definition) is 6. The number of amides is 1. The number of phenols is 1. The highest BCUT2D eigenvalue weighted by Gasteiger charge is 2.30. The highest BCUT2D eigenvalue weighted by atomic mass is 28.4. The van der Waals surface area contributed by atoms with Crippen molar-refractivity contribution in [3.63, 3.8) is 0 Å². The number of aryl methyl sites for hydroxylation is 1. The van der Waals surface area contributed by atoms with E-state index in [1.807, 2.05) is 61.1 Å². The predicted molar refractivity (Wildman–Crippen MR) is 155 cm³/mol. The van der Waals surface area contributed by atoms with Crippen LogP contribution in [-0.4, -0.2) is 55.3 Å². The quantitative estimate of drug-likeness (QED) is 0.186. The molecule has 0 saturated carbocycles. The fourth-order valence-electron chi connectivity index (χ4n) is 4.70. The number of nitrogens with zero attached hydrogens (tertiary/aromatic N) is 3. The van der Waals surface area contributed by atoms with E-state index in [1.54, 1.807) is 14.2 Å². The minimum absolute atomic E-state index is 0.0188. The summed E-state index contributed by atoms with van der Waals surface area (Å²) in [7, 11) is 1.21. The van der Waals surface area contributed by atoms with Gasteiger partial charge in [-0.1, -0.05) is 62.4 Å². The molecule has 0 aliphatic carbocycles. The molecule has 0 spiro atoms. The normalized spacial score (nSPS) is 12.1. The Kier molecular flexibility index (Phi) is 8.84. The van der Waals surface area contributed by atoms with Crippen molar-refractivity contribution in [2.75, 3.05) is 20.8 Å². The average Bonchev–Trinajstić information content (AvgIpc) is 3.39. The molecule has 0 fully saturated rings. The predicted octanol–water partition coefficient (Wildman–Crippen LogP) is 5.26. The van der Waals surface area contributed by atoms with Gasteiger partial charge in [-0.2, -0.15) is 0 Å². The third-order valence-corrected chi connectivity index (χ3v) is 10.4. The number of phenolic OH excluding ortho intramolecular Hbond substituents is 1. The molecule has 2 N–H and O–H groups in total. The van der Waals surface area contributed by atoms with Crippen molar-refractivity contribution in [2.45, 2.75) is 51.1 Å². The minimum Gasteiger partial charge on any atom is -0.505 e. The number of carbonyl (C=O) groups excluding carboxylic acids is 1. The number of nitrogens with one attached hydrogen (secondary N) is 1. The second kappa shape index (κ2) is 12.1. The summed E-state index contributed by atoms with van der Waals surface area (Å²) in [6, 6.07) is 22.4. The van der Waals surface area contributed by atoms with E-state index in [1.165, 1.54) is 4.80 Å². The fourth-order valence-corrected chi connectivity index (χ4v) is 6.09. The van der Waals surface area contributed by atoms with Crippen molar-refractivity contribution >= 4 is 25.5 Å². The van der Waals surface area contributed by atoms with Crippen molar-refractivity contribution in [3.8, 4) is 11.4 Å². The molecule has 8 nitrogen and oxygen atoms in total. The van der Waals surface area contributed by atoms with Gasteiger partial charge in [-0.15, -0.1) is 15.0 Å². The van der Waals surface area contributed by atoms with Gasteiger partial charge in [0.1, 0.15) is 22.5 Å². The van der Waals surface area contributed by atoms with Crippen LogP contribution in [0.1, 0.15) is 43.4 Å². The molecule has 0 aliphatic heterocycles. The summed E-state index contributed by atoms with van der Waals surface area (Å²) < 4.78 is 11.0. The summed E-state index contributed by atoms with van der Waals surface area (Å²) in [5, 5.41) is 23.7. The van der Waals surface area contributed by atoms with Crippen LogP contribution in [0.4, 0.5) is 0 Å². The smallest absolute Gasteiger partial charge is 0.334 e. The van der Waals surface area contributed by atoms with Crippen molar-refractivity contribution in [1.82, 2.24) is 20.3 Å². The summed E-state index contributed by atoms with van der Waals surface area (Å²) in [4.78, 5) is 14.2. The molecule has 1 heterocycles. The summed E-state index contributed by atoms with van der Waals surface area (Å²) in [6.45, 7) is 6.76. The first-order chi connectivity index (χ1) is 18.7. The van der Waals surface area contributed by atoms with Crippen LogP contribution < -0.4 is 5.32 Å². The summed E-state index contributed by atoms with van der Waals surface area (Å²) in [5.74, 6) is 0.107. The topological polar surface area (TPSA) is 98.5 Å². The molecule has 0 unspecified atom stereocenters. The molecular formula is C30H38N4O4Si. The Labute approximate surface area is 231 Å². The highest BCUT2D eigenvalue weighted by molar-refractivity contribution is 6.65. The molecule has 1 amide bonds. The lowest BCUT2D eigenvalue weighted by molar-refractivity contribution is -0.121. The van der Waals surface area contributed by atoms with E-state index in [0.717, 1.165) is 40.2 Å². The number of benzene rings is 3. The van der Waals surface area contributed by atoms with Gasteiger partial charge in [0.15, 0.2) is 0 Å². The van der Waals surface area contributed by atoms with Crippen LogP contribution in [0.3, 0.4) is 0 Å². The van der Waals surface area contributed by atoms with E-state index in [2.05, 4.69) is 41.5 Å². The molecule has 4 rings (SSSR count). The Bertz CT molecular complexity index is 1380. The molecule has 39 heavy (non-hydrogen) atoms. The number of hydrogen-bond donors (Lipinski definition) is 2. The Hall–Kier alpha value is -3.53. The number of carbonyl (C=O) groups is 1. The third kappa shape index (κ3) is 6.55. The summed E-state index contributed by atoms with van der Waals surface area (Å²) in [6.07, 6.45) is 1.64. The van der Waals surface area contributed by atoms with Gasteiger partial charge in [0.05, 0.1) is 0 Å². The van der Waals surface area contributed by atoms with Gasteiger partial charge in [-0.3, -0.25) is 4.79 Å². The number of fused-ring (bicyclic) bond motifs is 1. The molecule has 0 atom stereocenters. The lowest BCUT2D eigenvalue weighted by Gasteiger charge is -2.28. The van der Waals surface area contributed by atoms with Crippen LogP contribution in [0.2, 0.25) is 12.6 Å². The molecule has 206 valence electrons. The van der Waals surface area contributed by atoms with Gasteiger partial charge in [0, 0.05) is 38.2 Å². The maximum atomic E-state index is 12.7. The molecule has 0 aliphatic rings. The van der Waals surface area contributed by atoms with Crippen molar-refractivity contribution in [3.05, 3.63) is 83.4 Å². The third-order valence-electron chi connectivity index (χ3n) is 7.45. The zero-order valence-corrected chi connectivity index (χ0v) is 24.4.